The highest BCUT2D eigenvalue weighted by Crippen LogP contribution is 2.39. The van der Waals surface area contributed by atoms with Gasteiger partial charge in [0.25, 0.3) is 5.91 Å². The summed E-state index contributed by atoms with van der Waals surface area (Å²) in [5.74, 6) is -0.886. The van der Waals surface area contributed by atoms with Crippen LogP contribution in [0.25, 0.3) is 0 Å². The number of ether oxygens (including phenoxy) is 1. The number of aliphatic hydroxyl groups is 1. The second-order valence-corrected chi connectivity index (χ2v) is 11.2. The molecule has 2 aromatic rings. The average Bonchev–Trinajstić information content (AvgIpc) is 2.97. The molecule has 226 valence electrons. The lowest BCUT2D eigenvalue weighted by Gasteiger charge is -2.49. The molecule has 0 bridgehead atoms. The lowest BCUT2D eigenvalue weighted by molar-refractivity contribution is -0.148. The number of aliphatic hydroxyl groups excluding tert-OH is 1. The van der Waals surface area contributed by atoms with E-state index in [-0.39, 0.29) is 43.0 Å². The third kappa shape index (κ3) is 7.12. The van der Waals surface area contributed by atoms with Crippen molar-refractivity contribution in [3.8, 4) is 6.07 Å². The van der Waals surface area contributed by atoms with Gasteiger partial charge in [-0.05, 0) is 86.1 Å². The number of rotatable bonds is 8. The molecule has 0 saturated carbocycles. The molecule has 2 saturated heterocycles. The number of carbonyl (C=O) groups is 2. The Kier molecular flexibility index (Phi) is 9.92. The SMILES string of the molecule is Cc1c(C[C@H](N)C(=O)OC[C@H](O)CC#N)ccc([C@H]2CCC[C@H]3CN(C(=O)c4ccc(C(F)(F)F)cc4)CCN32)c1C. The zero-order chi connectivity index (χ0) is 30.6. The van der Waals surface area contributed by atoms with Gasteiger partial charge in [-0.1, -0.05) is 12.1 Å². The van der Waals surface area contributed by atoms with Gasteiger partial charge in [0, 0.05) is 37.3 Å². The Hall–Kier alpha value is -3.46. The second kappa shape index (κ2) is 13.2. The first-order chi connectivity index (χ1) is 19.9. The van der Waals surface area contributed by atoms with Crippen molar-refractivity contribution < 1.29 is 32.6 Å². The molecule has 2 aliphatic rings. The number of nitrogens with two attached hydrogens (primary N) is 1. The van der Waals surface area contributed by atoms with E-state index in [1.54, 1.807) is 4.90 Å². The summed E-state index contributed by atoms with van der Waals surface area (Å²) < 4.78 is 43.9. The van der Waals surface area contributed by atoms with Crippen LogP contribution in [0.5, 0.6) is 0 Å². The molecule has 4 atom stereocenters. The van der Waals surface area contributed by atoms with Gasteiger partial charge in [0.05, 0.1) is 18.1 Å². The van der Waals surface area contributed by atoms with E-state index in [4.69, 9.17) is 15.7 Å². The number of piperazine rings is 1. The summed E-state index contributed by atoms with van der Waals surface area (Å²) in [7, 11) is 0. The van der Waals surface area contributed by atoms with Crippen molar-refractivity contribution in [2.45, 2.75) is 76.4 Å². The Labute approximate surface area is 243 Å². The minimum absolute atomic E-state index is 0.130. The molecule has 3 N–H and O–H groups in total. The van der Waals surface area contributed by atoms with Crippen LogP contribution < -0.4 is 5.73 Å². The summed E-state index contributed by atoms with van der Waals surface area (Å²) in [4.78, 5) is 29.6. The number of hydrogen-bond donors (Lipinski definition) is 2. The Morgan fingerprint density at radius 2 is 1.83 bits per heavy atom. The van der Waals surface area contributed by atoms with Gasteiger partial charge in [-0.2, -0.15) is 18.4 Å². The number of alkyl halides is 3. The van der Waals surface area contributed by atoms with Crippen molar-refractivity contribution in [2.24, 2.45) is 5.73 Å². The van der Waals surface area contributed by atoms with Crippen molar-refractivity contribution >= 4 is 11.9 Å². The van der Waals surface area contributed by atoms with Crippen molar-refractivity contribution in [1.82, 2.24) is 9.80 Å². The van der Waals surface area contributed by atoms with E-state index in [0.717, 1.165) is 48.1 Å². The topological polar surface area (TPSA) is 120 Å². The van der Waals surface area contributed by atoms with Gasteiger partial charge >= 0.3 is 12.1 Å². The molecule has 2 fully saturated rings. The van der Waals surface area contributed by atoms with Crippen LogP contribution in [0.1, 0.15) is 69.9 Å². The molecule has 0 unspecified atom stereocenters. The van der Waals surface area contributed by atoms with Crippen molar-refractivity contribution in [3.63, 3.8) is 0 Å². The number of piperidine rings is 1. The zero-order valence-corrected chi connectivity index (χ0v) is 23.9. The summed E-state index contributed by atoms with van der Waals surface area (Å²) in [5.41, 5.74) is 9.85. The van der Waals surface area contributed by atoms with E-state index in [2.05, 4.69) is 17.9 Å². The lowest BCUT2D eigenvalue weighted by Crippen LogP contribution is -2.57. The van der Waals surface area contributed by atoms with Gasteiger partial charge in [-0.25, -0.2) is 0 Å². The first kappa shape index (κ1) is 31.5. The van der Waals surface area contributed by atoms with E-state index in [1.807, 2.05) is 19.1 Å². The van der Waals surface area contributed by atoms with Crippen LogP contribution in [-0.2, 0) is 22.1 Å². The zero-order valence-electron chi connectivity index (χ0n) is 23.9. The van der Waals surface area contributed by atoms with Gasteiger partial charge < -0.3 is 20.5 Å². The fraction of sp³-hybridized carbons (Fsp3) is 0.516. The normalized spacial score (nSPS) is 20.8. The molecule has 2 aliphatic heterocycles. The summed E-state index contributed by atoms with van der Waals surface area (Å²) in [6, 6.07) is 9.70. The lowest BCUT2D eigenvalue weighted by atomic mass is 9.84. The quantitative estimate of drug-likeness (QED) is 0.448. The Morgan fingerprint density at radius 1 is 1.12 bits per heavy atom. The standard InChI is InChI=1S/C31H37F3N4O4/c1-19-20(2)26(11-8-22(19)16-27(36)30(41)42-18-25(39)12-13-35)28-5-3-4-24-17-37(14-15-38(24)28)29(40)21-6-9-23(10-7-21)31(32,33)34/h6-11,24-25,27-28,39H,3-5,12,14-18,36H2,1-2H3/t24-,25+,27-,28+/m0/s1. The molecule has 8 nitrogen and oxygen atoms in total. The molecule has 4 rings (SSSR count). The molecule has 2 heterocycles. The molecule has 0 aliphatic carbocycles. The third-order valence-corrected chi connectivity index (χ3v) is 8.48. The number of esters is 1. The van der Waals surface area contributed by atoms with Crippen LogP contribution in [0.4, 0.5) is 13.2 Å². The minimum atomic E-state index is -4.44. The van der Waals surface area contributed by atoms with Crippen molar-refractivity contribution in [1.29, 1.82) is 5.26 Å². The van der Waals surface area contributed by atoms with Crippen molar-refractivity contribution in [2.75, 3.05) is 26.2 Å². The summed E-state index contributed by atoms with van der Waals surface area (Å²) in [6.07, 6.45) is -2.45. The molecule has 11 heteroatoms. The van der Waals surface area contributed by atoms with Crippen LogP contribution in [0.3, 0.4) is 0 Å². The molecule has 0 radical (unpaired) electrons. The maximum absolute atomic E-state index is 13.1. The van der Waals surface area contributed by atoms with E-state index in [0.29, 0.717) is 19.6 Å². The highest BCUT2D eigenvalue weighted by Gasteiger charge is 2.38. The van der Waals surface area contributed by atoms with Crippen molar-refractivity contribution in [3.05, 3.63) is 69.8 Å². The van der Waals surface area contributed by atoms with Gasteiger partial charge in [0.1, 0.15) is 18.8 Å². The smallest absolute Gasteiger partial charge is 0.416 e. The first-order valence-corrected chi connectivity index (χ1v) is 14.2. The number of carbonyl (C=O) groups excluding carboxylic acids is 2. The van der Waals surface area contributed by atoms with Gasteiger partial charge in [0.2, 0.25) is 0 Å². The predicted molar refractivity (Wildman–Crippen MR) is 149 cm³/mol. The number of benzene rings is 2. The van der Waals surface area contributed by atoms with E-state index >= 15 is 0 Å². The van der Waals surface area contributed by atoms with Crippen LogP contribution in [0.15, 0.2) is 36.4 Å². The molecular formula is C31H37F3N4O4. The van der Waals surface area contributed by atoms with Crippen LogP contribution >= 0.6 is 0 Å². The third-order valence-electron chi connectivity index (χ3n) is 8.48. The molecule has 42 heavy (non-hydrogen) atoms. The maximum atomic E-state index is 13.1. The molecule has 2 aromatic carbocycles. The fourth-order valence-corrected chi connectivity index (χ4v) is 6.00. The Balaban J connectivity index is 1.41. The summed E-state index contributed by atoms with van der Waals surface area (Å²) >= 11 is 0. The number of amides is 1. The highest BCUT2D eigenvalue weighted by atomic mass is 19.4. The van der Waals surface area contributed by atoms with Crippen LogP contribution in [0.2, 0.25) is 0 Å². The van der Waals surface area contributed by atoms with E-state index in [1.165, 1.54) is 17.7 Å². The molecule has 1 amide bonds. The monoisotopic (exact) mass is 586 g/mol. The van der Waals surface area contributed by atoms with E-state index < -0.39 is 29.9 Å². The Bertz CT molecular complexity index is 1330. The van der Waals surface area contributed by atoms with Crippen LogP contribution in [0, 0.1) is 25.2 Å². The largest absolute Gasteiger partial charge is 0.462 e. The minimum Gasteiger partial charge on any atom is -0.462 e. The Morgan fingerprint density at radius 3 is 2.50 bits per heavy atom. The number of fused-ring (bicyclic) bond motifs is 1. The van der Waals surface area contributed by atoms with Gasteiger partial charge in [0.15, 0.2) is 0 Å². The van der Waals surface area contributed by atoms with E-state index in [9.17, 15) is 27.9 Å². The van der Waals surface area contributed by atoms with Gasteiger partial charge in [-0.3, -0.25) is 14.5 Å². The second-order valence-electron chi connectivity index (χ2n) is 11.2. The number of halogens is 3. The molecule has 0 aromatic heterocycles. The fourth-order valence-electron chi connectivity index (χ4n) is 6.00. The number of nitrogens with zero attached hydrogens (tertiary/aromatic N) is 3. The number of nitriles is 1. The first-order valence-electron chi connectivity index (χ1n) is 14.2. The predicted octanol–water partition coefficient (Wildman–Crippen LogP) is 4.06. The van der Waals surface area contributed by atoms with Gasteiger partial charge in [-0.15, -0.1) is 0 Å². The summed E-state index contributed by atoms with van der Waals surface area (Å²) in [5, 5.41) is 18.2. The number of hydrogen-bond acceptors (Lipinski definition) is 7. The maximum Gasteiger partial charge on any atom is 0.416 e. The molecular weight excluding hydrogens is 549 g/mol. The summed E-state index contributed by atoms with van der Waals surface area (Å²) in [6.45, 7) is 5.46. The highest BCUT2D eigenvalue weighted by molar-refractivity contribution is 5.94. The van der Waals surface area contributed by atoms with Crippen LogP contribution in [-0.4, -0.2) is 71.2 Å². The average molecular weight is 587 g/mol. The molecule has 0 spiro atoms.